The van der Waals surface area contributed by atoms with Gasteiger partial charge in [0.2, 0.25) is 0 Å². The van der Waals surface area contributed by atoms with Crippen molar-refractivity contribution in [2.75, 3.05) is 11.5 Å². The van der Waals surface area contributed by atoms with Crippen molar-refractivity contribution in [3.63, 3.8) is 0 Å². The largest absolute Gasteiger partial charge is 0.399 e. The Kier molecular flexibility index (Phi) is 1.74. The van der Waals surface area contributed by atoms with Crippen molar-refractivity contribution >= 4 is 33.1 Å². The summed E-state index contributed by atoms with van der Waals surface area (Å²) in [5.74, 6) is 0. The molecule has 1 heterocycles. The molecule has 16 heavy (non-hydrogen) atoms. The second-order valence-electron chi connectivity index (χ2n) is 3.84. The smallest absolute Gasteiger partial charge is 0.0728 e. The fraction of sp³-hybridized carbons (Fsp3) is 0. The number of hydrogen-bond donors (Lipinski definition) is 2. The van der Waals surface area contributed by atoms with Gasteiger partial charge in [-0.2, -0.15) is 0 Å². The molecule has 0 aliphatic rings. The number of benzene rings is 2. The van der Waals surface area contributed by atoms with Crippen LogP contribution in [-0.4, -0.2) is 4.98 Å². The lowest BCUT2D eigenvalue weighted by Crippen LogP contribution is -1.90. The average Bonchev–Trinajstić information content (AvgIpc) is 2.28. The predicted octanol–water partition coefficient (Wildman–Crippen LogP) is 2.55. The maximum atomic E-state index is 5.91. The molecule has 0 saturated carbocycles. The molecule has 0 aliphatic heterocycles. The highest BCUT2D eigenvalue weighted by molar-refractivity contribution is 6.09. The minimum Gasteiger partial charge on any atom is -0.399 e. The molecule has 0 bridgehead atoms. The molecule has 4 N–H and O–H groups in total. The number of nitrogens with zero attached hydrogens (tertiary/aromatic N) is 1. The van der Waals surface area contributed by atoms with Gasteiger partial charge in [0.05, 0.1) is 5.52 Å². The van der Waals surface area contributed by atoms with Crippen LogP contribution in [0.1, 0.15) is 0 Å². The highest BCUT2D eigenvalue weighted by Crippen LogP contribution is 2.27. The number of aromatic nitrogens is 1. The molecule has 0 aliphatic carbocycles. The summed E-state index contributed by atoms with van der Waals surface area (Å²) in [6, 6.07) is 11.6. The van der Waals surface area contributed by atoms with E-state index in [2.05, 4.69) is 4.98 Å². The van der Waals surface area contributed by atoms with Crippen molar-refractivity contribution in [3.05, 3.63) is 42.6 Å². The van der Waals surface area contributed by atoms with Gasteiger partial charge in [0.1, 0.15) is 0 Å². The van der Waals surface area contributed by atoms with E-state index in [-0.39, 0.29) is 0 Å². The Morgan fingerprint density at radius 3 is 2.62 bits per heavy atom. The van der Waals surface area contributed by atoms with Crippen LogP contribution in [0.5, 0.6) is 0 Å². The second kappa shape index (κ2) is 3.10. The van der Waals surface area contributed by atoms with Crippen molar-refractivity contribution in [1.29, 1.82) is 0 Å². The summed E-state index contributed by atoms with van der Waals surface area (Å²) in [4.78, 5) is 4.37. The molecule has 0 radical (unpaired) electrons. The summed E-state index contributed by atoms with van der Waals surface area (Å²) >= 11 is 0. The van der Waals surface area contributed by atoms with Gasteiger partial charge in [-0.1, -0.05) is 18.2 Å². The van der Waals surface area contributed by atoms with Crippen molar-refractivity contribution in [2.24, 2.45) is 0 Å². The van der Waals surface area contributed by atoms with E-state index >= 15 is 0 Å². The van der Waals surface area contributed by atoms with Gasteiger partial charge in [0, 0.05) is 28.3 Å². The first kappa shape index (κ1) is 8.97. The quantitative estimate of drug-likeness (QED) is 0.441. The molecule has 0 atom stereocenters. The summed E-state index contributed by atoms with van der Waals surface area (Å²) in [5, 5.41) is 3.18. The van der Waals surface area contributed by atoms with Gasteiger partial charge in [0.15, 0.2) is 0 Å². The molecule has 3 nitrogen and oxygen atoms in total. The van der Waals surface area contributed by atoms with Gasteiger partial charge in [-0.25, -0.2) is 0 Å². The lowest BCUT2D eigenvalue weighted by Gasteiger charge is -2.05. The minimum absolute atomic E-state index is 0.725. The molecule has 0 fully saturated rings. The summed E-state index contributed by atoms with van der Waals surface area (Å²) in [7, 11) is 0. The summed E-state index contributed by atoms with van der Waals surface area (Å²) in [5.41, 5.74) is 14.0. The van der Waals surface area contributed by atoms with E-state index in [0.717, 1.165) is 33.1 Å². The maximum absolute atomic E-state index is 5.91. The zero-order valence-corrected chi connectivity index (χ0v) is 8.64. The molecule has 78 valence electrons. The molecule has 3 rings (SSSR count). The molecular weight excluding hydrogens is 198 g/mol. The first-order chi connectivity index (χ1) is 7.75. The van der Waals surface area contributed by atoms with Crippen molar-refractivity contribution in [3.8, 4) is 0 Å². The van der Waals surface area contributed by atoms with Gasteiger partial charge < -0.3 is 11.5 Å². The van der Waals surface area contributed by atoms with Gasteiger partial charge in [-0.05, 0) is 23.6 Å². The Bertz CT molecular complexity index is 689. The van der Waals surface area contributed by atoms with Gasteiger partial charge >= 0.3 is 0 Å². The van der Waals surface area contributed by atoms with Gasteiger partial charge in [0.25, 0.3) is 0 Å². The van der Waals surface area contributed by atoms with Gasteiger partial charge in [-0.15, -0.1) is 0 Å². The zero-order chi connectivity index (χ0) is 11.1. The highest BCUT2D eigenvalue weighted by Gasteiger charge is 2.03. The lowest BCUT2D eigenvalue weighted by atomic mass is 10.1. The van der Waals surface area contributed by atoms with Crippen LogP contribution in [-0.2, 0) is 0 Å². The third-order valence-electron chi connectivity index (χ3n) is 2.78. The first-order valence-electron chi connectivity index (χ1n) is 5.08. The Balaban J connectivity index is 2.55. The van der Waals surface area contributed by atoms with Crippen LogP contribution in [0, 0.1) is 0 Å². The van der Waals surface area contributed by atoms with E-state index in [4.69, 9.17) is 11.5 Å². The molecule has 0 saturated heterocycles. The average molecular weight is 209 g/mol. The molecule has 0 unspecified atom stereocenters. The SMILES string of the molecule is Nc1ccc2c(c1)ncc1c(N)cccc12. The fourth-order valence-corrected chi connectivity index (χ4v) is 1.98. The molecule has 1 aromatic heterocycles. The number of hydrogen-bond acceptors (Lipinski definition) is 3. The Morgan fingerprint density at radius 1 is 0.875 bits per heavy atom. The molecule has 3 heteroatoms. The van der Waals surface area contributed by atoms with E-state index in [9.17, 15) is 0 Å². The van der Waals surface area contributed by atoms with Crippen LogP contribution < -0.4 is 11.5 Å². The minimum atomic E-state index is 0.725. The third-order valence-corrected chi connectivity index (χ3v) is 2.78. The van der Waals surface area contributed by atoms with E-state index in [1.54, 1.807) is 6.20 Å². The van der Waals surface area contributed by atoms with Crippen LogP contribution in [0.3, 0.4) is 0 Å². The van der Waals surface area contributed by atoms with Crippen molar-refractivity contribution in [1.82, 2.24) is 4.98 Å². The maximum Gasteiger partial charge on any atom is 0.0728 e. The van der Waals surface area contributed by atoms with Gasteiger partial charge in [-0.3, -0.25) is 4.98 Å². The number of rotatable bonds is 0. The van der Waals surface area contributed by atoms with Crippen molar-refractivity contribution < 1.29 is 0 Å². The van der Waals surface area contributed by atoms with Crippen LogP contribution in [0.4, 0.5) is 11.4 Å². The number of pyridine rings is 1. The number of anilines is 2. The number of nitrogen functional groups attached to an aromatic ring is 2. The third kappa shape index (κ3) is 1.18. The number of fused-ring (bicyclic) bond motifs is 3. The standard InChI is InChI=1S/C13H11N3/c14-8-4-5-10-9-2-1-3-12(15)11(9)7-16-13(10)6-8/h1-7H,14-15H2. The van der Waals surface area contributed by atoms with Crippen molar-refractivity contribution in [2.45, 2.75) is 0 Å². The lowest BCUT2D eigenvalue weighted by molar-refractivity contribution is 1.44. The fourth-order valence-electron chi connectivity index (χ4n) is 1.98. The predicted molar refractivity (Wildman–Crippen MR) is 68.1 cm³/mol. The summed E-state index contributed by atoms with van der Waals surface area (Å²) in [6.45, 7) is 0. The zero-order valence-electron chi connectivity index (χ0n) is 8.64. The Morgan fingerprint density at radius 2 is 1.75 bits per heavy atom. The molecule has 2 aromatic carbocycles. The number of nitrogens with two attached hydrogens (primary N) is 2. The second-order valence-corrected chi connectivity index (χ2v) is 3.84. The molecule has 0 spiro atoms. The molecule has 3 aromatic rings. The normalized spacial score (nSPS) is 11.0. The van der Waals surface area contributed by atoms with E-state index in [1.165, 1.54) is 0 Å². The molecule has 0 amide bonds. The topological polar surface area (TPSA) is 64.9 Å². The highest BCUT2D eigenvalue weighted by atomic mass is 14.7. The van der Waals surface area contributed by atoms with Crippen LogP contribution in [0.25, 0.3) is 21.7 Å². The Labute approximate surface area is 92.7 Å². The summed E-state index contributed by atoms with van der Waals surface area (Å²) in [6.07, 6.45) is 1.80. The van der Waals surface area contributed by atoms with E-state index in [1.807, 2.05) is 36.4 Å². The first-order valence-corrected chi connectivity index (χ1v) is 5.08. The Hall–Kier alpha value is -2.29. The molecular formula is C13H11N3. The van der Waals surface area contributed by atoms with Crippen LogP contribution in [0.2, 0.25) is 0 Å². The van der Waals surface area contributed by atoms with Crippen LogP contribution >= 0.6 is 0 Å². The monoisotopic (exact) mass is 209 g/mol. The summed E-state index contributed by atoms with van der Waals surface area (Å²) < 4.78 is 0. The van der Waals surface area contributed by atoms with E-state index < -0.39 is 0 Å². The van der Waals surface area contributed by atoms with E-state index in [0.29, 0.717) is 0 Å². The van der Waals surface area contributed by atoms with Crippen LogP contribution in [0.15, 0.2) is 42.6 Å².